The van der Waals surface area contributed by atoms with Gasteiger partial charge in [-0.25, -0.2) is 4.79 Å². The van der Waals surface area contributed by atoms with Gasteiger partial charge in [-0.3, -0.25) is 4.84 Å². The first-order valence-corrected chi connectivity index (χ1v) is 10.3. The van der Waals surface area contributed by atoms with Gasteiger partial charge in [-0.2, -0.15) is 5.06 Å². The number of alkyl carbamates (subject to hydrolysis) is 1. The van der Waals surface area contributed by atoms with Gasteiger partial charge in [-0.05, 0) is 36.5 Å². The highest BCUT2D eigenvalue weighted by Gasteiger charge is 2.39. The van der Waals surface area contributed by atoms with Crippen LogP contribution in [0.1, 0.15) is 35.7 Å². The van der Waals surface area contributed by atoms with Crippen LogP contribution in [0.5, 0.6) is 0 Å². The molecule has 0 aliphatic carbocycles. The molecule has 2 aliphatic heterocycles. The molecular weight excluding hydrogens is 366 g/mol. The summed E-state index contributed by atoms with van der Waals surface area (Å²) >= 11 is 0. The van der Waals surface area contributed by atoms with Crippen molar-refractivity contribution in [2.75, 3.05) is 13.2 Å². The van der Waals surface area contributed by atoms with Crippen molar-refractivity contribution in [2.24, 2.45) is 0 Å². The highest BCUT2D eigenvalue weighted by atomic mass is 16.7. The summed E-state index contributed by atoms with van der Waals surface area (Å²) in [6, 6.07) is 18.0. The lowest BCUT2D eigenvalue weighted by Crippen LogP contribution is -2.47. The van der Waals surface area contributed by atoms with Crippen molar-refractivity contribution in [3.05, 3.63) is 71.4 Å². The van der Waals surface area contributed by atoms with Gasteiger partial charge in [0.25, 0.3) is 0 Å². The molecule has 1 amide bonds. The summed E-state index contributed by atoms with van der Waals surface area (Å²) in [5.41, 5.74) is 4.59. The van der Waals surface area contributed by atoms with Gasteiger partial charge >= 0.3 is 6.09 Å². The first kappa shape index (κ1) is 18.2. The summed E-state index contributed by atoms with van der Waals surface area (Å²) in [4.78, 5) is 22.2. The van der Waals surface area contributed by atoms with E-state index in [2.05, 4.69) is 28.5 Å². The standard InChI is InChI=1S/C23H25N3O3/c27-23(28-15-16-7-2-1-3-8-16)25-20-11-6-14-29-26-13-12-18-17-9-4-5-10-19(17)24-21(18)22(20)26/h1-5,7-10,20,22,24H,6,11-15H2,(H,25,27)/t20-,22-/m0/s1. The molecule has 6 nitrogen and oxygen atoms in total. The Bertz CT molecular complexity index is 1000. The third-order valence-corrected chi connectivity index (χ3v) is 5.85. The maximum absolute atomic E-state index is 12.6. The Balaban J connectivity index is 1.38. The minimum Gasteiger partial charge on any atom is -0.445 e. The van der Waals surface area contributed by atoms with Crippen LogP contribution >= 0.6 is 0 Å². The number of fused-ring (bicyclic) bond motifs is 5. The fraction of sp³-hybridized carbons (Fsp3) is 0.348. The smallest absolute Gasteiger partial charge is 0.407 e. The van der Waals surface area contributed by atoms with E-state index in [-0.39, 0.29) is 24.8 Å². The molecule has 29 heavy (non-hydrogen) atoms. The van der Waals surface area contributed by atoms with Gasteiger partial charge in [0.2, 0.25) is 0 Å². The van der Waals surface area contributed by atoms with E-state index in [1.54, 1.807) is 0 Å². The quantitative estimate of drug-likeness (QED) is 0.706. The van der Waals surface area contributed by atoms with Crippen molar-refractivity contribution >= 4 is 17.0 Å². The van der Waals surface area contributed by atoms with Gasteiger partial charge in [-0.1, -0.05) is 48.5 Å². The van der Waals surface area contributed by atoms with Crippen molar-refractivity contribution < 1.29 is 14.4 Å². The molecule has 2 aliphatic rings. The van der Waals surface area contributed by atoms with E-state index in [9.17, 15) is 4.79 Å². The molecule has 150 valence electrons. The summed E-state index contributed by atoms with van der Waals surface area (Å²) in [7, 11) is 0. The van der Waals surface area contributed by atoms with Crippen LogP contribution < -0.4 is 5.32 Å². The molecule has 2 N–H and O–H groups in total. The molecule has 6 heteroatoms. The predicted molar refractivity (Wildman–Crippen MR) is 110 cm³/mol. The molecule has 1 saturated heterocycles. The number of hydrogen-bond acceptors (Lipinski definition) is 4. The van der Waals surface area contributed by atoms with E-state index in [4.69, 9.17) is 9.57 Å². The van der Waals surface area contributed by atoms with Crippen LogP contribution in [0.15, 0.2) is 54.6 Å². The lowest BCUT2D eigenvalue weighted by Gasteiger charge is -2.37. The summed E-state index contributed by atoms with van der Waals surface area (Å²) in [5, 5.41) is 6.41. The summed E-state index contributed by atoms with van der Waals surface area (Å²) in [6.07, 6.45) is 2.29. The molecule has 0 bridgehead atoms. The summed E-state index contributed by atoms with van der Waals surface area (Å²) in [5.74, 6) is 0. The van der Waals surface area contributed by atoms with E-state index in [1.807, 2.05) is 41.5 Å². The number of carbonyl (C=O) groups is 1. The molecule has 1 aromatic heterocycles. The maximum atomic E-state index is 12.6. The van der Waals surface area contributed by atoms with Crippen molar-refractivity contribution in [1.29, 1.82) is 0 Å². The molecule has 0 spiro atoms. The number of carbonyl (C=O) groups excluding carboxylic acids is 1. The number of nitrogens with zero attached hydrogens (tertiary/aromatic N) is 1. The van der Waals surface area contributed by atoms with Crippen LogP contribution in [0, 0.1) is 0 Å². The van der Waals surface area contributed by atoms with Crippen LogP contribution in [0.4, 0.5) is 4.79 Å². The number of benzene rings is 2. The maximum Gasteiger partial charge on any atom is 0.407 e. The number of amides is 1. The topological polar surface area (TPSA) is 66.6 Å². The molecule has 3 aromatic rings. The first-order chi connectivity index (χ1) is 14.3. The van der Waals surface area contributed by atoms with Gasteiger partial charge in [0.15, 0.2) is 0 Å². The van der Waals surface area contributed by atoms with Gasteiger partial charge in [0.1, 0.15) is 6.61 Å². The molecule has 5 rings (SSSR count). The average molecular weight is 391 g/mol. The van der Waals surface area contributed by atoms with Crippen LogP contribution in [-0.2, 0) is 22.6 Å². The Labute approximate surface area is 169 Å². The third-order valence-electron chi connectivity index (χ3n) is 5.85. The number of ether oxygens (including phenoxy) is 1. The molecule has 3 heterocycles. The zero-order chi connectivity index (χ0) is 19.6. The Morgan fingerprint density at radius 3 is 2.90 bits per heavy atom. The lowest BCUT2D eigenvalue weighted by atomic mass is 9.92. The van der Waals surface area contributed by atoms with E-state index >= 15 is 0 Å². The van der Waals surface area contributed by atoms with Crippen molar-refractivity contribution in [3.8, 4) is 0 Å². The fourth-order valence-electron chi connectivity index (χ4n) is 4.50. The monoisotopic (exact) mass is 391 g/mol. The van der Waals surface area contributed by atoms with E-state index in [1.165, 1.54) is 10.9 Å². The van der Waals surface area contributed by atoms with Gasteiger partial charge in [0, 0.05) is 23.1 Å². The van der Waals surface area contributed by atoms with E-state index in [0.717, 1.165) is 42.6 Å². The molecule has 0 saturated carbocycles. The first-order valence-electron chi connectivity index (χ1n) is 10.3. The summed E-state index contributed by atoms with van der Waals surface area (Å²) < 4.78 is 5.48. The van der Waals surface area contributed by atoms with Crippen LogP contribution in [0.2, 0.25) is 0 Å². The molecule has 1 fully saturated rings. The predicted octanol–water partition coefficient (Wildman–Crippen LogP) is 4.09. The largest absolute Gasteiger partial charge is 0.445 e. The van der Waals surface area contributed by atoms with Crippen molar-refractivity contribution in [3.63, 3.8) is 0 Å². The fourth-order valence-corrected chi connectivity index (χ4v) is 4.50. The highest BCUT2D eigenvalue weighted by Crippen LogP contribution is 2.38. The highest BCUT2D eigenvalue weighted by molar-refractivity contribution is 5.85. The number of H-pyrrole nitrogens is 1. The van der Waals surface area contributed by atoms with Crippen molar-refractivity contribution in [1.82, 2.24) is 15.4 Å². The second-order valence-corrected chi connectivity index (χ2v) is 7.69. The van der Waals surface area contributed by atoms with Crippen LogP contribution in [-0.4, -0.2) is 35.3 Å². The molecule has 0 radical (unpaired) electrons. The lowest BCUT2D eigenvalue weighted by molar-refractivity contribution is -0.188. The Kier molecular flexibility index (Phi) is 4.96. The van der Waals surface area contributed by atoms with Gasteiger partial charge < -0.3 is 15.0 Å². The minimum absolute atomic E-state index is 0.0436. The number of para-hydroxylation sites is 1. The minimum atomic E-state index is -0.385. The van der Waals surface area contributed by atoms with Crippen LogP contribution in [0.25, 0.3) is 10.9 Å². The second kappa shape index (κ2) is 7.89. The second-order valence-electron chi connectivity index (χ2n) is 7.69. The molecular formula is C23H25N3O3. The number of hydroxylamine groups is 2. The number of aromatic nitrogens is 1. The SMILES string of the molecule is O=C(N[C@H]1CCCON2CCc3c([nH]c4ccccc34)[C@H]12)OCc1ccccc1. The summed E-state index contributed by atoms with van der Waals surface area (Å²) in [6.45, 7) is 1.75. The number of nitrogens with one attached hydrogen (secondary N) is 2. The zero-order valence-corrected chi connectivity index (χ0v) is 16.3. The molecule has 2 atom stereocenters. The third kappa shape index (κ3) is 3.61. The van der Waals surface area contributed by atoms with E-state index < -0.39 is 0 Å². The number of aromatic amines is 1. The normalized spacial score (nSPS) is 21.8. The van der Waals surface area contributed by atoms with Crippen LogP contribution in [0.3, 0.4) is 0 Å². The Morgan fingerprint density at radius 2 is 2.00 bits per heavy atom. The van der Waals surface area contributed by atoms with Gasteiger partial charge in [-0.15, -0.1) is 0 Å². The van der Waals surface area contributed by atoms with Gasteiger partial charge in [0.05, 0.1) is 18.7 Å². The average Bonchev–Trinajstić information content (AvgIpc) is 3.01. The van der Waals surface area contributed by atoms with E-state index in [0.29, 0.717) is 6.61 Å². The molecule has 0 unspecified atom stereocenters. The number of rotatable bonds is 3. The molecule has 2 aromatic carbocycles. The zero-order valence-electron chi connectivity index (χ0n) is 16.3. The number of hydrogen-bond donors (Lipinski definition) is 2. The Morgan fingerprint density at radius 1 is 1.17 bits per heavy atom. The van der Waals surface area contributed by atoms with Crippen molar-refractivity contribution in [2.45, 2.75) is 38.0 Å². The Hall–Kier alpha value is -2.83.